The SMILES string of the molecule is C[C@]12CCc3nonc3[C@@H]1CC[C@@H]1[C@@H]2CC[C@]2(C)c3no[n+]([O-])c3C[C@@H]12. The molecule has 4 aliphatic carbocycles. The van der Waals surface area contributed by atoms with Gasteiger partial charge in [-0.3, -0.25) is 4.63 Å². The molecule has 0 N–H and O–H groups in total. The van der Waals surface area contributed by atoms with E-state index in [9.17, 15) is 5.21 Å². The molecule has 0 amide bonds. The van der Waals surface area contributed by atoms with Crippen molar-refractivity contribution in [3.8, 4) is 0 Å². The quantitative estimate of drug-likeness (QED) is 0.674. The third-order valence-corrected chi connectivity index (χ3v) is 8.73. The summed E-state index contributed by atoms with van der Waals surface area (Å²) in [6, 6.07) is 0. The highest BCUT2D eigenvalue weighted by Crippen LogP contribution is 2.66. The summed E-state index contributed by atoms with van der Waals surface area (Å²) in [5, 5.41) is 24.6. The first-order valence-electron chi connectivity index (χ1n) is 9.93. The van der Waals surface area contributed by atoms with E-state index in [0.29, 0.717) is 28.6 Å². The molecule has 0 spiro atoms. The molecule has 0 aliphatic heterocycles. The largest absolute Gasteiger partial charge is 0.359 e. The average Bonchev–Trinajstić information content (AvgIpc) is 3.30. The van der Waals surface area contributed by atoms with Crippen LogP contribution in [-0.4, -0.2) is 15.5 Å². The molecule has 7 nitrogen and oxygen atoms in total. The summed E-state index contributed by atoms with van der Waals surface area (Å²) in [6.45, 7) is 4.77. The minimum atomic E-state index is -0.00582. The van der Waals surface area contributed by atoms with E-state index in [1.165, 1.54) is 12.8 Å². The van der Waals surface area contributed by atoms with Crippen LogP contribution in [0.1, 0.15) is 74.6 Å². The van der Waals surface area contributed by atoms with Gasteiger partial charge in [-0.1, -0.05) is 24.2 Å². The lowest BCUT2D eigenvalue weighted by Gasteiger charge is -2.58. The van der Waals surface area contributed by atoms with Crippen LogP contribution < -0.4 is 4.90 Å². The van der Waals surface area contributed by atoms with Gasteiger partial charge in [-0.2, -0.15) is 0 Å². The summed E-state index contributed by atoms with van der Waals surface area (Å²) in [5.74, 6) is 2.29. The standard InChI is InChI=1S/C19H24N4O3/c1-18-8-6-14-16(21-25-20-14)12(18)4-3-10-11(18)5-7-19(2)13(10)9-15-17(19)22-26-23(15)24/h10-13H,3-9H2,1-2H3/t10-,11+,12+,13+,18-,19+/m1/s1. The lowest BCUT2D eigenvalue weighted by molar-refractivity contribution is -0.808. The van der Waals surface area contributed by atoms with Gasteiger partial charge in [0.15, 0.2) is 5.69 Å². The van der Waals surface area contributed by atoms with Crippen molar-refractivity contribution in [2.24, 2.45) is 23.2 Å². The van der Waals surface area contributed by atoms with E-state index in [1.807, 2.05) is 0 Å². The highest BCUT2D eigenvalue weighted by atomic mass is 16.8. The van der Waals surface area contributed by atoms with Crippen LogP contribution in [0, 0.1) is 28.4 Å². The molecule has 2 aromatic rings. The minimum Gasteiger partial charge on any atom is -0.359 e. The second-order valence-corrected chi connectivity index (χ2v) is 9.49. The van der Waals surface area contributed by atoms with Gasteiger partial charge in [0.1, 0.15) is 11.4 Å². The molecule has 0 bridgehead atoms. The second-order valence-electron chi connectivity index (χ2n) is 9.49. The maximum absolute atomic E-state index is 12.0. The number of fused-ring (bicyclic) bond motifs is 9. The number of hydrogen-bond donors (Lipinski definition) is 0. The Morgan fingerprint density at radius 3 is 2.85 bits per heavy atom. The topological polar surface area (TPSA) is 91.9 Å². The molecule has 6 atom stereocenters. The van der Waals surface area contributed by atoms with Gasteiger partial charge in [0.05, 0.1) is 0 Å². The average molecular weight is 356 g/mol. The predicted molar refractivity (Wildman–Crippen MR) is 88.9 cm³/mol. The highest BCUT2D eigenvalue weighted by molar-refractivity contribution is 5.31. The molecule has 0 saturated heterocycles. The van der Waals surface area contributed by atoms with Crippen molar-refractivity contribution >= 4 is 0 Å². The fraction of sp³-hybridized carbons (Fsp3) is 0.789. The van der Waals surface area contributed by atoms with Crippen LogP contribution in [0.25, 0.3) is 0 Å². The van der Waals surface area contributed by atoms with Crippen molar-refractivity contribution in [3.63, 3.8) is 0 Å². The number of aromatic nitrogens is 4. The predicted octanol–water partition coefficient (Wildman–Crippen LogP) is 2.68. The van der Waals surface area contributed by atoms with E-state index in [4.69, 9.17) is 9.26 Å². The Bertz CT molecular complexity index is 891. The zero-order valence-electron chi connectivity index (χ0n) is 15.3. The fourth-order valence-corrected chi connectivity index (χ4v) is 7.37. The summed E-state index contributed by atoms with van der Waals surface area (Å²) in [5.41, 5.74) is 4.14. The molecule has 26 heavy (non-hydrogen) atoms. The normalized spacial score (nSPS) is 43.2. The fourth-order valence-electron chi connectivity index (χ4n) is 7.37. The van der Waals surface area contributed by atoms with Crippen LogP contribution in [0.3, 0.4) is 0 Å². The molecular formula is C19H24N4O3. The van der Waals surface area contributed by atoms with E-state index in [2.05, 4.69) is 29.3 Å². The van der Waals surface area contributed by atoms with Crippen molar-refractivity contribution in [1.82, 2.24) is 15.5 Å². The van der Waals surface area contributed by atoms with Crippen LogP contribution in [0.4, 0.5) is 0 Å². The van der Waals surface area contributed by atoms with Crippen LogP contribution in [0.15, 0.2) is 9.26 Å². The smallest absolute Gasteiger partial charge is 0.227 e. The molecule has 7 heteroatoms. The second kappa shape index (κ2) is 4.67. The van der Waals surface area contributed by atoms with Crippen LogP contribution in [0.2, 0.25) is 0 Å². The van der Waals surface area contributed by atoms with Gasteiger partial charge in [-0.05, 0) is 66.6 Å². The van der Waals surface area contributed by atoms with Crippen molar-refractivity contribution in [2.45, 2.75) is 70.1 Å². The van der Waals surface area contributed by atoms with Crippen LogP contribution >= 0.6 is 0 Å². The number of nitrogens with zero attached hydrogens (tertiary/aromatic N) is 4. The molecule has 2 aromatic heterocycles. The van der Waals surface area contributed by atoms with Gasteiger partial charge in [0.2, 0.25) is 5.69 Å². The summed E-state index contributed by atoms with van der Waals surface area (Å²) in [4.78, 5) is 0.648. The summed E-state index contributed by atoms with van der Waals surface area (Å²) >= 11 is 0. The molecule has 2 fully saturated rings. The third-order valence-electron chi connectivity index (χ3n) is 8.73. The van der Waals surface area contributed by atoms with Gasteiger partial charge in [0.25, 0.3) is 0 Å². The molecular weight excluding hydrogens is 332 g/mol. The van der Waals surface area contributed by atoms with Crippen LogP contribution in [-0.2, 0) is 18.3 Å². The molecule has 0 radical (unpaired) electrons. The van der Waals surface area contributed by atoms with Crippen molar-refractivity contribution in [2.75, 3.05) is 0 Å². The Morgan fingerprint density at radius 1 is 1.08 bits per heavy atom. The highest BCUT2D eigenvalue weighted by Gasteiger charge is 2.63. The Morgan fingerprint density at radius 2 is 1.96 bits per heavy atom. The van der Waals surface area contributed by atoms with E-state index >= 15 is 0 Å². The summed E-state index contributed by atoms with van der Waals surface area (Å²) in [7, 11) is 0. The van der Waals surface area contributed by atoms with Gasteiger partial charge in [-0.15, -0.1) is 0 Å². The molecule has 2 heterocycles. The molecule has 138 valence electrons. The maximum Gasteiger partial charge on any atom is 0.227 e. The zero-order valence-corrected chi connectivity index (χ0v) is 15.3. The Labute approximate surface area is 151 Å². The molecule has 6 rings (SSSR count). The number of rotatable bonds is 0. The Kier molecular flexibility index (Phi) is 2.73. The van der Waals surface area contributed by atoms with Crippen molar-refractivity contribution in [1.29, 1.82) is 0 Å². The molecule has 2 saturated carbocycles. The molecule has 0 aromatic carbocycles. The lowest BCUT2D eigenvalue weighted by atomic mass is 9.45. The first-order chi connectivity index (χ1) is 12.5. The van der Waals surface area contributed by atoms with Gasteiger partial charge in [-0.25, -0.2) is 4.63 Å². The number of hydrogen-bond acceptors (Lipinski definition) is 6. The first kappa shape index (κ1) is 15.2. The molecule has 0 unspecified atom stereocenters. The lowest BCUT2D eigenvalue weighted by Crippen LogP contribution is -2.53. The number of aryl methyl sites for hydroxylation is 1. The van der Waals surface area contributed by atoms with E-state index in [1.54, 1.807) is 0 Å². The van der Waals surface area contributed by atoms with Crippen LogP contribution in [0.5, 0.6) is 0 Å². The van der Waals surface area contributed by atoms with E-state index in [-0.39, 0.29) is 10.8 Å². The van der Waals surface area contributed by atoms with Gasteiger partial charge in [0, 0.05) is 22.9 Å². The Hall–Kier alpha value is -1.92. The van der Waals surface area contributed by atoms with E-state index < -0.39 is 0 Å². The zero-order chi connectivity index (χ0) is 17.7. The maximum atomic E-state index is 12.0. The molecule has 4 aliphatic rings. The summed E-state index contributed by atoms with van der Waals surface area (Å²) in [6.07, 6.45) is 7.57. The van der Waals surface area contributed by atoms with E-state index in [0.717, 1.165) is 54.9 Å². The van der Waals surface area contributed by atoms with Gasteiger partial charge < -0.3 is 5.21 Å². The van der Waals surface area contributed by atoms with Gasteiger partial charge >= 0.3 is 0 Å². The third kappa shape index (κ3) is 1.61. The Balaban J connectivity index is 1.39. The van der Waals surface area contributed by atoms with Crippen molar-refractivity contribution < 1.29 is 14.2 Å². The first-order valence-corrected chi connectivity index (χ1v) is 9.93. The van der Waals surface area contributed by atoms with Crippen molar-refractivity contribution in [3.05, 3.63) is 28.0 Å². The minimum absolute atomic E-state index is 0.00582. The monoisotopic (exact) mass is 356 g/mol. The summed E-state index contributed by atoms with van der Waals surface area (Å²) < 4.78 is 9.98.